The molecule has 0 aliphatic carbocycles. The van der Waals surface area contributed by atoms with Gasteiger partial charge in [0.2, 0.25) is 0 Å². The molecule has 1 fully saturated rings. The van der Waals surface area contributed by atoms with Crippen LogP contribution in [0.5, 0.6) is 0 Å². The number of esters is 1. The van der Waals surface area contributed by atoms with E-state index in [2.05, 4.69) is 5.32 Å². The molecule has 0 spiro atoms. The Kier molecular flexibility index (Phi) is 4.45. The molecule has 1 aromatic carbocycles. The van der Waals surface area contributed by atoms with Crippen LogP contribution < -0.4 is 5.32 Å². The molecule has 1 heterocycles. The van der Waals surface area contributed by atoms with Gasteiger partial charge in [0.05, 0.1) is 17.3 Å². The van der Waals surface area contributed by atoms with Gasteiger partial charge in [0.25, 0.3) is 0 Å². The maximum absolute atomic E-state index is 12.6. The number of rotatable bonds is 3. The van der Waals surface area contributed by atoms with Crippen molar-refractivity contribution in [1.29, 1.82) is 0 Å². The van der Waals surface area contributed by atoms with Gasteiger partial charge in [-0.2, -0.15) is 0 Å². The van der Waals surface area contributed by atoms with Crippen LogP contribution in [0.1, 0.15) is 13.3 Å². The first kappa shape index (κ1) is 15.0. The number of benzene rings is 1. The highest BCUT2D eigenvalue weighted by atomic mass is 32.2. The van der Waals surface area contributed by atoms with Crippen molar-refractivity contribution in [1.82, 2.24) is 5.32 Å². The molecule has 1 aliphatic heterocycles. The van der Waals surface area contributed by atoms with Crippen LogP contribution in [0, 0.1) is 5.92 Å². The standard InChI is InChI=1S/C14H19NO4S/c1-10-8-12(14(16)19-2)15-9-13(10)20(17,18)11-6-4-3-5-7-11/h3-7,10,12-13,15H,8-9H2,1-2H3/t10-,12+,13+/m1/s1. The van der Waals surface area contributed by atoms with Gasteiger partial charge in [0, 0.05) is 6.54 Å². The van der Waals surface area contributed by atoms with Crippen molar-refractivity contribution < 1.29 is 17.9 Å². The average Bonchev–Trinajstić information content (AvgIpc) is 2.47. The second-order valence-electron chi connectivity index (χ2n) is 5.09. The van der Waals surface area contributed by atoms with E-state index in [1.807, 2.05) is 6.92 Å². The summed E-state index contributed by atoms with van der Waals surface area (Å²) in [4.78, 5) is 11.8. The molecule has 0 saturated carbocycles. The minimum atomic E-state index is -3.38. The van der Waals surface area contributed by atoms with Crippen molar-refractivity contribution in [3.05, 3.63) is 30.3 Å². The van der Waals surface area contributed by atoms with Crippen LogP contribution >= 0.6 is 0 Å². The summed E-state index contributed by atoms with van der Waals surface area (Å²) in [5, 5.41) is 2.45. The third-order valence-electron chi connectivity index (χ3n) is 3.76. The van der Waals surface area contributed by atoms with Crippen molar-refractivity contribution in [2.75, 3.05) is 13.7 Å². The molecule has 0 bridgehead atoms. The Morgan fingerprint density at radius 1 is 1.30 bits per heavy atom. The Morgan fingerprint density at radius 3 is 2.50 bits per heavy atom. The summed E-state index contributed by atoms with van der Waals surface area (Å²) in [6, 6.07) is 8.01. The van der Waals surface area contributed by atoms with Gasteiger partial charge >= 0.3 is 5.97 Å². The summed E-state index contributed by atoms with van der Waals surface area (Å²) in [6.45, 7) is 2.13. The third-order valence-corrected chi connectivity index (χ3v) is 6.12. The van der Waals surface area contributed by atoms with Gasteiger partial charge in [-0.1, -0.05) is 25.1 Å². The molecule has 110 valence electrons. The Hall–Kier alpha value is -1.40. The fourth-order valence-electron chi connectivity index (χ4n) is 2.59. The number of hydrogen-bond acceptors (Lipinski definition) is 5. The van der Waals surface area contributed by atoms with Crippen LogP contribution in [0.3, 0.4) is 0 Å². The van der Waals surface area contributed by atoms with Crippen LogP contribution in [0.25, 0.3) is 0 Å². The topological polar surface area (TPSA) is 72.5 Å². The van der Waals surface area contributed by atoms with E-state index in [-0.39, 0.29) is 18.4 Å². The lowest BCUT2D eigenvalue weighted by atomic mass is 9.94. The second-order valence-corrected chi connectivity index (χ2v) is 7.26. The number of carbonyl (C=O) groups is 1. The highest BCUT2D eigenvalue weighted by Gasteiger charge is 2.39. The molecular formula is C14H19NO4S. The zero-order chi connectivity index (χ0) is 14.8. The van der Waals surface area contributed by atoms with Crippen LogP contribution in [0.2, 0.25) is 0 Å². The number of carbonyl (C=O) groups excluding carboxylic acids is 1. The SMILES string of the molecule is COC(=O)[C@@H]1C[C@@H](C)[C@@H](S(=O)(=O)c2ccccc2)CN1. The Balaban J connectivity index is 2.17. The molecule has 5 nitrogen and oxygen atoms in total. The molecule has 0 aromatic heterocycles. The predicted octanol–water partition coefficient (Wildman–Crippen LogP) is 1.000. The van der Waals surface area contributed by atoms with Gasteiger partial charge in [0.15, 0.2) is 9.84 Å². The Morgan fingerprint density at radius 2 is 1.95 bits per heavy atom. The van der Waals surface area contributed by atoms with Crippen molar-refractivity contribution >= 4 is 15.8 Å². The van der Waals surface area contributed by atoms with Crippen molar-refractivity contribution in [3.63, 3.8) is 0 Å². The first-order chi connectivity index (χ1) is 9.46. The lowest BCUT2D eigenvalue weighted by molar-refractivity contribution is -0.144. The van der Waals surface area contributed by atoms with E-state index >= 15 is 0 Å². The fourth-order valence-corrected chi connectivity index (χ4v) is 4.51. The summed E-state index contributed by atoms with van der Waals surface area (Å²) in [7, 11) is -2.05. The highest BCUT2D eigenvalue weighted by Crippen LogP contribution is 2.27. The average molecular weight is 297 g/mol. The molecule has 0 unspecified atom stereocenters. The van der Waals surface area contributed by atoms with Crippen LogP contribution in [0.15, 0.2) is 35.2 Å². The van der Waals surface area contributed by atoms with Crippen molar-refractivity contribution in [3.8, 4) is 0 Å². The summed E-state index contributed by atoms with van der Waals surface area (Å²) in [5.74, 6) is -0.446. The first-order valence-electron chi connectivity index (χ1n) is 6.57. The smallest absolute Gasteiger partial charge is 0.322 e. The lowest BCUT2D eigenvalue weighted by Gasteiger charge is -2.33. The minimum Gasteiger partial charge on any atom is -0.468 e. The Labute approximate surface area is 119 Å². The van der Waals surface area contributed by atoms with Crippen LogP contribution in [-0.4, -0.2) is 39.3 Å². The molecule has 1 N–H and O–H groups in total. The zero-order valence-electron chi connectivity index (χ0n) is 11.6. The largest absolute Gasteiger partial charge is 0.468 e. The molecule has 3 atom stereocenters. The molecule has 1 saturated heterocycles. The summed E-state index contributed by atoms with van der Waals surface area (Å²) >= 11 is 0. The second kappa shape index (κ2) is 5.93. The molecular weight excluding hydrogens is 278 g/mol. The number of ether oxygens (including phenoxy) is 1. The van der Waals surface area contributed by atoms with Crippen LogP contribution in [0.4, 0.5) is 0 Å². The van der Waals surface area contributed by atoms with Crippen LogP contribution in [-0.2, 0) is 19.4 Å². The van der Waals surface area contributed by atoms with Crippen molar-refractivity contribution in [2.24, 2.45) is 5.92 Å². The molecule has 6 heteroatoms. The van der Waals surface area contributed by atoms with E-state index in [0.717, 1.165) is 0 Å². The molecule has 1 aliphatic rings. The van der Waals surface area contributed by atoms with Crippen molar-refractivity contribution in [2.45, 2.75) is 29.5 Å². The zero-order valence-corrected chi connectivity index (χ0v) is 12.4. The van der Waals surface area contributed by atoms with E-state index in [1.165, 1.54) is 7.11 Å². The van der Waals surface area contributed by atoms with Gasteiger partial charge in [-0.05, 0) is 24.5 Å². The summed E-state index contributed by atoms with van der Waals surface area (Å²) in [6.07, 6.45) is 0.462. The molecule has 0 radical (unpaired) electrons. The summed E-state index contributed by atoms with van der Waals surface area (Å²) < 4.78 is 29.9. The third kappa shape index (κ3) is 2.86. The first-order valence-corrected chi connectivity index (χ1v) is 8.11. The Bertz CT molecular complexity index is 570. The minimum absolute atomic E-state index is 0.106. The van der Waals surface area contributed by atoms with E-state index < -0.39 is 21.1 Å². The highest BCUT2D eigenvalue weighted by molar-refractivity contribution is 7.92. The van der Waals surface area contributed by atoms with E-state index in [1.54, 1.807) is 30.3 Å². The number of piperidine rings is 1. The van der Waals surface area contributed by atoms with E-state index in [9.17, 15) is 13.2 Å². The van der Waals surface area contributed by atoms with Gasteiger partial charge in [0.1, 0.15) is 6.04 Å². The quantitative estimate of drug-likeness (QED) is 0.843. The molecule has 20 heavy (non-hydrogen) atoms. The van der Waals surface area contributed by atoms with E-state index in [0.29, 0.717) is 11.3 Å². The fraction of sp³-hybridized carbons (Fsp3) is 0.500. The maximum Gasteiger partial charge on any atom is 0.322 e. The summed E-state index contributed by atoms with van der Waals surface area (Å²) in [5.41, 5.74) is 0. The normalized spacial score (nSPS) is 27.0. The number of nitrogens with one attached hydrogen (secondary N) is 1. The van der Waals surface area contributed by atoms with Gasteiger partial charge in [-0.3, -0.25) is 4.79 Å². The number of hydrogen-bond donors (Lipinski definition) is 1. The van der Waals surface area contributed by atoms with E-state index in [4.69, 9.17) is 4.74 Å². The number of sulfone groups is 1. The van der Waals surface area contributed by atoms with Gasteiger partial charge in [-0.15, -0.1) is 0 Å². The molecule has 1 aromatic rings. The monoisotopic (exact) mass is 297 g/mol. The lowest BCUT2D eigenvalue weighted by Crippen LogP contribution is -2.52. The number of methoxy groups -OCH3 is 1. The van der Waals surface area contributed by atoms with Gasteiger partial charge in [-0.25, -0.2) is 8.42 Å². The predicted molar refractivity (Wildman–Crippen MR) is 75.0 cm³/mol. The molecule has 2 rings (SSSR count). The van der Waals surface area contributed by atoms with Gasteiger partial charge < -0.3 is 10.1 Å². The maximum atomic E-state index is 12.6. The molecule has 0 amide bonds.